The fourth-order valence-electron chi connectivity index (χ4n) is 4.74. The molecule has 1 aromatic rings. The fourth-order valence-corrected chi connectivity index (χ4v) is 4.84. The first kappa shape index (κ1) is 26.3. The van der Waals surface area contributed by atoms with Crippen LogP contribution in [0, 0.1) is 17.1 Å². The first-order valence-corrected chi connectivity index (χ1v) is 12.4. The molecule has 3 aliphatic rings. The third kappa shape index (κ3) is 5.95. The molecule has 194 valence electrons. The quantitative estimate of drug-likeness (QED) is 0.393. The number of amides is 1. The van der Waals surface area contributed by atoms with E-state index < -0.39 is 5.82 Å². The summed E-state index contributed by atoms with van der Waals surface area (Å²) in [6.07, 6.45) is 5.26. The van der Waals surface area contributed by atoms with Gasteiger partial charge in [0.15, 0.2) is 0 Å². The average molecular weight is 519 g/mol. The van der Waals surface area contributed by atoms with E-state index in [0.717, 1.165) is 12.8 Å². The number of nitrogens with one attached hydrogen (secondary N) is 3. The van der Waals surface area contributed by atoms with Gasteiger partial charge in [0.2, 0.25) is 0 Å². The van der Waals surface area contributed by atoms with Crippen molar-refractivity contribution in [3.05, 3.63) is 52.2 Å². The normalized spacial score (nSPS) is 24.8. The second kappa shape index (κ2) is 11.5. The zero-order valence-corrected chi connectivity index (χ0v) is 21.2. The minimum absolute atomic E-state index is 0.110. The van der Waals surface area contributed by atoms with E-state index in [4.69, 9.17) is 21.7 Å². The maximum absolute atomic E-state index is 14.2. The SMILES string of the molecule is CNN(CC(C)CO)C1CCC(Oc2cc(F)ccc2C(=O)N2CC(=N)/C(=C3/N=CC(Cl)=CN3)C2)C1. The van der Waals surface area contributed by atoms with Crippen molar-refractivity contribution in [3.63, 3.8) is 0 Å². The van der Waals surface area contributed by atoms with Gasteiger partial charge in [-0.15, -0.1) is 0 Å². The lowest BCUT2D eigenvalue weighted by Crippen LogP contribution is -2.45. The first-order chi connectivity index (χ1) is 17.3. The lowest BCUT2D eigenvalue weighted by molar-refractivity contribution is 0.0791. The number of aliphatic hydroxyl groups is 1. The Labute approximate surface area is 215 Å². The summed E-state index contributed by atoms with van der Waals surface area (Å²) in [7, 11) is 1.86. The van der Waals surface area contributed by atoms with Crippen molar-refractivity contribution >= 4 is 29.4 Å². The molecule has 1 saturated carbocycles. The molecular weight excluding hydrogens is 487 g/mol. The molecule has 0 aromatic heterocycles. The lowest BCUT2D eigenvalue weighted by Gasteiger charge is -2.30. The second-order valence-corrected chi connectivity index (χ2v) is 9.85. The number of ether oxygens (including phenoxy) is 1. The van der Waals surface area contributed by atoms with Crippen LogP contribution in [0.5, 0.6) is 5.75 Å². The standard InChI is InChI=1S/C25H32ClFN6O3/c1-15(14-34)11-33(29-2)18-4-5-19(8-18)36-23-7-17(27)3-6-20(23)25(35)32-12-21(22(28)13-32)24-30-9-16(26)10-31-24/h3,6-7,9-10,15,18-19,28-30,34H,4-5,8,11-14H2,1-2H3/b24-21+,28-22?. The Morgan fingerprint density at radius 3 is 2.94 bits per heavy atom. The van der Waals surface area contributed by atoms with Gasteiger partial charge in [-0.25, -0.2) is 14.4 Å². The molecule has 0 bridgehead atoms. The van der Waals surface area contributed by atoms with Crippen LogP contribution in [0.3, 0.4) is 0 Å². The number of halogens is 2. The number of aliphatic hydroxyl groups excluding tert-OH is 1. The number of benzene rings is 1. The van der Waals surface area contributed by atoms with Crippen LogP contribution in [0.25, 0.3) is 0 Å². The van der Waals surface area contributed by atoms with Gasteiger partial charge in [0.1, 0.15) is 23.5 Å². The molecule has 3 atom stereocenters. The van der Waals surface area contributed by atoms with Crippen molar-refractivity contribution in [3.8, 4) is 5.75 Å². The molecule has 4 N–H and O–H groups in total. The molecule has 0 radical (unpaired) electrons. The number of aliphatic imine (C=N–C) groups is 1. The monoisotopic (exact) mass is 518 g/mol. The molecular formula is C25H32ClFN6O3. The highest BCUT2D eigenvalue weighted by atomic mass is 35.5. The Kier molecular flexibility index (Phi) is 8.40. The minimum atomic E-state index is -0.480. The number of nitrogens with zero attached hydrogens (tertiary/aromatic N) is 3. The van der Waals surface area contributed by atoms with Crippen molar-refractivity contribution in [2.75, 3.05) is 33.3 Å². The Bertz CT molecular complexity index is 1110. The zero-order valence-electron chi connectivity index (χ0n) is 20.4. The summed E-state index contributed by atoms with van der Waals surface area (Å²) < 4.78 is 20.4. The molecule has 3 unspecified atom stereocenters. The second-order valence-electron chi connectivity index (χ2n) is 9.41. The molecule has 2 aliphatic heterocycles. The third-order valence-electron chi connectivity index (χ3n) is 6.67. The summed E-state index contributed by atoms with van der Waals surface area (Å²) in [5, 5.41) is 23.3. The molecule has 2 heterocycles. The third-order valence-corrected chi connectivity index (χ3v) is 6.88. The van der Waals surface area contributed by atoms with Crippen molar-refractivity contribution in [1.82, 2.24) is 20.7 Å². The topological polar surface area (TPSA) is 113 Å². The molecule has 0 spiro atoms. The smallest absolute Gasteiger partial charge is 0.258 e. The number of hydrazine groups is 1. The van der Waals surface area contributed by atoms with Crippen LogP contribution in [0.2, 0.25) is 0 Å². The maximum atomic E-state index is 14.2. The Morgan fingerprint density at radius 2 is 2.25 bits per heavy atom. The zero-order chi connectivity index (χ0) is 25.8. The van der Waals surface area contributed by atoms with Crippen LogP contribution in [-0.2, 0) is 0 Å². The van der Waals surface area contributed by atoms with Crippen LogP contribution >= 0.6 is 11.6 Å². The molecule has 4 rings (SSSR count). The van der Waals surface area contributed by atoms with Crippen LogP contribution in [-0.4, -0.2) is 78.3 Å². The van der Waals surface area contributed by atoms with E-state index in [1.807, 2.05) is 14.0 Å². The van der Waals surface area contributed by atoms with Crippen molar-refractivity contribution in [2.45, 2.75) is 38.3 Å². The average Bonchev–Trinajstić information content (AvgIpc) is 3.49. The molecule has 9 nitrogen and oxygen atoms in total. The highest BCUT2D eigenvalue weighted by Gasteiger charge is 2.34. The van der Waals surface area contributed by atoms with E-state index in [-0.39, 0.29) is 60.7 Å². The Hall–Kier alpha value is -2.79. The van der Waals surface area contributed by atoms with Gasteiger partial charge in [-0.3, -0.25) is 10.2 Å². The Morgan fingerprint density at radius 1 is 1.44 bits per heavy atom. The van der Waals surface area contributed by atoms with E-state index in [1.165, 1.54) is 29.3 Å². The van der Waals surface area contributed by atoms with Gasteiger partial charge < -0.3 is 25.5 Å². The number of hydrogen-bond acceptors (Lipinski definition) is 8. The van der Waals surface area contributed by atoms with Crippen molar-refractivity contribution in [1.29, 1.82) is 5.41 Å². The summed E-state index contributed by atoms with van der Waals surface area (Å²) in [5.41, 5.74) is 4.35. The number of allylic oxidation sites excluding steroid dienone is 1. The summed E-state index contributed by atoms with van der Waals surface area (Å²) in [6.45, 7) is 3.12. The van der Waals surface area contributed by atoms with Gasteiger partial charge in [0, 0.05) is 49.7 Å². The Balaban J connectivity index is 1.46. The molecule has 36 heavy (non-hydrogen) atoms. The largest absolute Gasteiger partial charge is 0.489 e. The summed E-state index contributed by atoms with van der Waals surface area (Å²) in [6, 6.07) is 4.15. The van der Waals surface area contributed by atoms with Crippen molar-refractivity contribution in [2.24, 2.45) is 10.9 Å². The summed E-state index contributed by atoms with van der Waals surface area (Å²) in [4.78, 5) is 19.2. The van der Waals surface area contributed by atoms with E-state index in [0.29, 0.717) is 29.4 Å². The van der Waals surface area contributed by atoms with Crippen LogP contribution in [0.15, 0.2) is 45.8 Å². The summed E-state index contributed by atoms with van der Waals surface area (Å²) in [5.74, 6) is 0.0119. The predicted octanol–water partition coefficient (Wildman–Crippen LogP) is 2.63. The molecule has 2 fully saturated rings. The van der Waals surface area contributed by atoms with E-state index in [9.17, 15) is 14.3 Å². The summed E-state index contributed by atoms with van der Waals surface area (Å²) >= 11 is 5.90. The van der Waals surface area contributed by atoms with Gasteiger partial charge >= 0.3 is 0 Å². The molecule has 11 heteroatoms. The minimum Gasteiger partial charge on any atom is -0.489 e. The molecule has 1 saturated heterocycles. The van der Waals surface area contributed by atoms with E-state index in [1.54, 1.807) is 6.20 Å². The van der Waals surface area contributed by atoms with Gasteiger partial charge in [-0.2, -0.15) is 0 Å². The van der Waals surface area contributed by atoms with Crippen molar-refractivity contribution < 1.29 is 19.0 Å². The van der Waals surface area contributed by atoms with E-state index >= 15 is 0 Å². The van der Waals surface area contributed by atoms with Gasteiger partial charge in [0.25, 0.3) is 5.91 Å². The van der Waals surface area contributed by atoms with E-state index in [2.05, 4.69) is 20.7 Å². The highest BCUT2D eigenvalue weighted by Crippen LogP contribution is 2.31. The number of likely N-dealkylation sites (tertiary alicyclic amines) is 1. The molecule has 1 amide bonds. The first-order valence-electron chi connectivity index (χ1n) is 12.1. The number of hydrogen-bond donors (Lipinski definition) is 4. The number of carbonyl (C=O) groups excluding carboxylic acids is 1. The van der Waals surface area contributed by atoms with Gasteiger partial charge in [-0.05, 0) is 37.9 Å². The van der Waals surface area contributed by atoms with Crippen LogP contribution < -0.4 is 15.5 Å². The molecule has 1 aliphatic carbocycles. The fraction of sp³-hybridized carbons (Fsp3) is 0.480. The van der Waals surface area contributed by atoms with Gasteiger partial charge in [0.05, 0.1) is 29.4 Å². The number of rotatable bonds is 8. The molecule has 1 aromatic carbocycles. The van der Waals surface area contributed by atoms with Gasteiger partial charge in [-0.1, -0.05) is 18.5 Å². The maximum Gasteiger partial charge on any atom is 0.258 e. The van der Waals surface area contributed by atoms with Crippen LogP contribution in [0.4, 0.5) is 4.39 Å². The number of carbonyl (C=O) groups is 1. The highest BCUT2D eigenvalue weighted by molar-refractivity contribution is 6.39. The lowest BCUT2D eigenvalue weighted by atomic mass is 10.1. The van der Waals surface area contributed by atoms with Crippen LogP contribution in [0.1, 0.15) is 36.5 Å². The predicted molar refractivity (Wildman–Crippen MR) is 137 cm³/mol.